The maximum Gasteiger partial charge on any atom is 0.161 e. The second kappa shape index (κ2) is 3.84. The Balaban J connectivity index is 1.65. The van der Waals surface area contributed by atoms with Crippen LogP contribution >= 0.6 is 11.6 Å². The third kappa shape index (κ3) is 1.78. The summed E-state index contributed by atoms with van der Waals surface area (Å²) < 4.78 is 17.3. The normalized spacial score (nSPS) is 56.1. The van der Waals surface area contributed by atoms with Gasteiger partial charge >= 0.3 is 0 Å². The molecule has 3 aliphatic rings. The SMILES string of the molecule is C[C@H]1C[C@@H]2O[C@@]2(C)C[C@@H]1[C@@H]1OC[C@H](CCl)O1. The second-order valence-electron chi connectivity index (χ2n) is 5.61. The van der Waals surface area contributed by atoms with Crippen LogP contribution in [0.5, 0.6) is 0 Å². The average molecular weight is 247 g/mol. The molecule has 16 heavy (non-hydrogen) atoms. The fourth-order valence-corrected chi connectivity index (χ4v) is 3.25. The van der Waals surface area contributed by atoms with Crippen molar-refractivity contribution in [3.8, 4) is 0 Å². The Morgan fingerprint density at radius 3 is 2.94 bits per heavy atom. The van der Waals surface area contributed by atoms with Crippen molar-refractivity contribution in [3.63, 3.8) is 0 Å². The van der Waals surface area contributed by atoms with Gasteiger partial charge in [0.15, 0.2) is 6.29 Å². The minimum Gasteiger partial charge on any atom is -0.366 e. The number of epoxide rings is 1. The highest BCUT2D eigenvalue weighted by Crippen LogP contribution is 2.53. The largest absolute Gasteiger partial charge is 0.366 e. The van der Waals surface area contributed by atoms with Gasteiger partial charge in [0.25, 0.3) is 0 Å². The van der Waals surface area contributed by atoms with Gasteiger partial charge < -0.3 is 14.2 Å². The van der Waals surface area contributed by atoms with Crippen LogP contribution in [0, 0.1) is 11.8 Å². The minimum absolute atomic E-state index is 0.0688. The lowest BCUT2D eigenvalue weighted by Gasteiger charge is -2.32. The second-order valence-corrected chi connectivity index (χ2v) is 5.92. The van der Waals surface area contributed by atoms with Gasteiger partial charge in [-0.15, -0.1) is 11.6 Å². The fourth-order valence-electron chi connectivity index (χ4n) is 3.09. The number of hydrogen-bond acceptors (Lipinski definition) is 3. The van der Waals surface area contributed by atoms with Crippen LogP contribution in [0.3, 0.4) is 0 Å². The van der Waals surface area contributed by atoms with Gasteiger partial charge in [-0.1, -0.05) is 6.92 Å². The van der Waals surface area contributed by atoms with Crippen molar-refractivity contribution in [2.45, 2.75) is 50.8 Å². The highest BCUT2D eigenvalue weighted by atomic mass is 35.5. The summed E-state index contributed by atoms with van der Waals surface area (Å²) >= 11 is 5.78. The summed E-state index contributed by atoms with van der Waals surface area (Å²) in [6, 6.07) is 0. The van der Waals surface area contributed by atoms with Crippen molar-refractivity contribution < 1.29 is 14.2 Å². The first-order chi connectivity index (χ1) is 7.62. The van der Waals surface area contributed by atoms with Crippen molar-refractivity contribution in [1.29, 1.82) is 0 Å². The summed E-state index contributed by atoms with van der Waals surface area (Å²) in [7, 11) is 0. The first-order valence-electron chi connectivity index (χ1n) is 6.13. The first-order valence-corrected chi connectivity index (χ1v) is 6.66. The minimum atomic E-state index is -0.0688. The van der Waals surface area contributed by atoms with Crippen molar-refractivity contribution in [3.05, 3.63) is 0 Å². The lowest BCUT2D eigenvalue weighted by molar-refractivity contribution is -0.116. The van der Waals surface area contributed by atoms with Crippen molar-refractivity contribution >= 4 is 11.6 Å². The van der Waals surface area contributed by atoms with E-state index in [1.165, 1.54) is 0 Å². The molecule has 0 radical (unpaired) electrons. The van der Waals surface area contributed by atoms with Crippen molar-refractivity contribution in [2.24, 2.45) is 11.8 Å². The monoisotopic (exact) mass is 246 g/mol. The molecule has 1 aliphatic carbocycles. The van der Waals surface area contributed by atoms with Crippen LogP contribution in [-0.4, -0.2) is 36.6 Å². The molecule has 2 heterocycles. The standard InChI is InChI=1S/C12H19ClO3/c1-7-3-10-12(2,16-10)4-9(7)11-14-6-8(5-13)15-11/h7-11H,3-6H2,1-2H3/t7-,8-,9-,10-,11+,12-/m0/s1. The molecule has 0 N–H and O–H groups in total. The molecule has 0 unspecified atom stereocenters. The predicted octanol–water partition coefficient (Wildman–Crippen LogP) is 2.17. The molecule has 3 nitrogen and oxygen atoms in total. The van der Waals surface area contributed by atoms with Gasteiger partial charge in [-0.2, -0.15) is 0 Å². The topological polar surface area (TPSA) is 31.0 Å². The Bertz CT molecular complexity index is 285. The number of hydrogen-bond donors (Lipinski definition) is 0. The molecule has 3 rings (SSSR count). The molecular weight excluding hydrogens is 228 g/mol. The van der Waals surface area contributed by atoms with E-state index in [2.05, 4.69) is 13.8 Å². The van der Waals surface area contributed by atoms with E-state index in [0.717, 1.165) is 12.8 Å². The maximum absolute atomic E-state index is 5.82. The molecule has 0 spiro atoms. The Kier molecular flexibility index (Phi) is 2.70. The zero-order valence-corrected chi connectivity index (χ0v) is 10.6. The molecule has 4 heteroatoms. The van der Waals surface area contributed by atoms with E-state index in [-0.39, 0.29) is 18.0 Å². The number of alkyl halides is 1. The lowest BCUT2D eigenvalue weighted by Crippen LogP contribution is -2.37. The zero-order valence-electron chi connectivity index (χ0n) is 9.82. The third-order valence-corrected chi connectivity index (χ3v) is 4.63. The van der Waals surface area contributed by atoms with E-state index in [9.17, 15) is 0 Å². The Hall–Kier alpha value is 0.170. The fraction of sp³-hybridized carbons (Fsp3) is 1.00. The van der Waals surface area contributed by atoms with E-state index in [4.69, 9.17) is 25.8 Å². The van der Waals surface area contributed by atoms with Gasteiger partial charge in [0.1, 0.15) is 0 Å². The van der Waals surface area contributed by atoms with E-state index < -0.39 is 0 Å². The summed E-state index contributed by atoms with van der Waals surface area (Å²) in [5.74, 6) is 1.59. The molecule has 0 aromatic rings. The molecular formula is C12H19ClO3. The van der Waals surface area contributed by atoms with Crippen molar-refractivity contribution in [1.82, 2.24) is 0 Å². The van der Waals surface area contributed by atoms with Crippen LogP contribution in [0.2, 0.25) is 0 Å². The zero-order chi connectivity index (χ0) is 11.3. The molecule has 2 aliphatic heterocycles. The van der Waals surface area contributed by atoms with Gasteiger partial charge in [0.05, 0.1) is 30.3 Å². The number of fused-ring (bicyclic) bond motifs is 1. The van der Waals surface area contributed by atoms with Gasteiger partial charge in [0.2, 0.25) is 0 Å². The van der Waals surface area contributed by atoms with E-state index in [1.54, 1.807) is 0 Å². The number of halogens is 1. The molecule has 3 fully saturated rings. The van der Waals surface area contributed by atoms with Crippen LogP contribution in [0.15, 0.2) is 0 Å². The van der Waals surface area contributed by atoms with Gasteiger partial charge in [-0.05, 0) is 25.7 Å². The maximum atomic E-state index is 5.82. The van der Waals surface area contributed by atoms with Crippen LogP contribution in [0.25, 0.3) is 0 Å². The van der Waals surface area contributed by atoms with Crippen LogP contribution in [0.1, 0.15) is 26.7 Å². The molecule has 0 aromatic carbocycles. The van der Waals surface area contributed by atoms with Gasteiger partial charge in [-0.25, -0.2) is 0 Å². The Labute approximate surface area is 101 Å². The summed E-state index contributed by atoms with van der Waals surface area (Å²) in [5, 5.41) is 0. The smallest absolute Gasteiger partial charge is 0.161 e. The molecule has 1 saturated carbocycles. The summed E-state index contributed by atoms with van der Waals surface area (Å²) in [4.78, 5) is 0. The molecule has 0 aromatic heterocycles. The molecule has 0 bridgehead atoms. The summed E-state index contributed by atoms with van der Waals surface area (Å²) in [5.41, 5.74) is 0.100. The quantitative estimate of drug-likeness (QED) is 0.553. The number of rotatable bonds is 2. The molecule has 6 atom stereocenters. The predicted molar refractivity (Wildman–Crippen MR) is 60.5 cm³/mol. The summed E-state index contributed by atoms with van der Waals surface area (Å²) in [6.45, 7) is 5.11. The summed E-state index contributed by atoms with van der Waals surface area (Å²) in [6.07, 6.45) is 2.67. The van der Waals surface area contributed by atoms with Crippen LogP contribution < -0.4 is 0 Å². The molecule has 2 saturated heterocycles. The Morgan fingerprint density at radius 1 is 1.44 bits per heavy atom. The Morgan fingerprint density at radius 2 is 2.25 bits per heavy atom. The highest BCUT2D eigenvalue weighted by molar-refractivity contribution is 6.18. The molecule has 92 valence electrons. The van der Waals surface area contributed by atoms with Crippen molar-refractivity contribution in [2.75, 3.05) is 12.5 Å². The average Bonchev–Trinajstić information content (AvgIpc) is 2.74. The van der Waals surface area contributed by atoms with E-state index >= 15 is 0 Å². The van der Waals surface area contributed by atoms with Gasteiger partial charge in [0, 0.05) is 5.92 Å². The third-order valence-electron chi connectivity index (χ3n) is 4.29. The van der Waals surface area contributed by atoms with Gasteiger partial charge in [-0.3, -0.25) is 0 Å². The van der Waals surface area contributed by atoms with Crippen LogP contribution in [0.4, 0.5) is 0 Å². The first kappa shape index (κ1) is 11.3. The van der Waals surface area contributed by atoms with E-state index in [1.807, 2.05) is 0 Å². The van der Waals surface area contributed by atoms with E-state index in [0.29, 0.717) is 30.4 Å². The van der Waals surface area contributed by atoms with Crippen LogP contribution in [-0.2, 0) is 14.2 Å². The number of ether oxygens (including phenoxy) is 3. The molecule has 0 amide bonds. The highest BCUT2D eigenvalue weighted by Gasteiger charge is 2.59. The lowest BCUT2D eigenvalue weighted by atomic mass is 9.75.